The van der Waals surface area contributed by atoms with Crippen LogP contribution in [0.4, 0.5) is 5.69 Å². The van der Waals surface area contributed by atoms with Gasteiger partial charge in [0.2, 0.25) is 0 Å². The Labute approximate surface area is 89.1 Å². The van der Waals surface area contributed by atoms with Crippen LogP contribution in [0, 0.1) is 0 Å². The van der Waals surface area contributed by atoms with Gasteiger partial charge in [0.15, 0.2) is 6.73 Å². The lowest BCUT2D eigenvalue weighted by atomic mass is 10.1. The summed E-state index contributed by atoms with van der Waals surface area (Å²) in [6.45, 7) is 3.82. The lowest BCUT2D eigenvalue weighted by Gasteiger charge is -2.14. The van der Waals surface area contributed by atoms with Gasteiger partial charge in [-0.15, -0.1) is 0 Å². The molecule has 0 N–H and O–H groups in total. The molecule has 0 amide bonds. The molecule has 0 aliphatic carbocycles. The fourth-order valence-electron chi connectivity index (χ4n) is 2.14. The van der Waals surface area contributed by atoms with Crippen LogP contribution in [0.25, 0.3) is 10.8 Å². The van der Waals surface area contributed by atoms with Crippen molar-refractivity contribution in [2.24, 2.45) is 0 Å². The van der Waals surface area contributed by atoms with Crippen LogP contribution < -0.4 is 9.64 Å². The van der Waals surface area contributed by atoms with E-state index in [0.29, 0.717) is 6.73 Å². The van der Waals surface area contributed by atoms with Gasteiger partial charge in [-0.3, -0.25) is 0 Å². The zero-order valence-corrected chi connectivity index (χ0v) is 8.73. The average molecular weight is 199 g/mol. The van der Waals surface area contributed by atoms with Crippen molar-refractivity contribution in [3.8, 4) is 5.75 Å². The van der Waals surface area contributed by atoms with Gasteiger partial charge >= 0.3 is 0 Å². The molecule has 2 nitrogen and oxygen atoms in total. The Morgan fingerprint density at radius 2 is 2.07 bits per heavy atom. The summed E-state index contributed by atoms with van der Waals surface area (Å²) in [5.74, 6) is 1.01. The van der Waals surface area contributed by atoms with E-state index in [0.717, 1.165) is 12.3 Å². The molecule has 0 radical (unpaired) electrons. The van der Waals surface area contributed by atoms with E-state index >= 15 is 0 Å². The van der Waals surface area contributed by atoms with Crippen molar-refractivity contribution in [1.82, 2.24) is 0 Å². The van der Waals surface area contributed by atoms with Gasteiger partial charge < -0.3 is 9.64 Å². The van der Waals surface area contributed by atoms with E-state index < -0.39 is 0 Å². The molecule has 1 aliphatic heterocycles. The van der Waals surface area contributed by atoms with Crippen molar-refractivity contribution >= 4 is 16.5 Å². The molecular weight excluding hydrogens is 186 g/mol. The first-order chi connectivity index (χ1) is 7.40. The third kappa shape index (κ3) is 1.18. The largest absolute Gasteiger partial charge is 0.471 e. The topological polar surface area (TPSA) is 12.5 Å². The van der Waals surface area contributed by atoms with Crippen LogP contribution >= 0.6 is 0 Å². The Balaban J connectivity index is 2.32. The molecule has 0 spiro atoms. The molecule has 2 aromatic rings. The molecule has 0 atom stereocenters. The first-order valence-electron chi connectivity index (χ1n) is 5.29. The van der Waals surface area contributed by atoms with Gasteiger partial charge in [-0.1, -0.05) is 30.3 Å². The molecule has 76 valence electrons. The second kappa shape index (κ2) is 3.16. The fourth-order valence-corrected chi connectivity index (χ4v) is 2.14. The molecule has 2 aromatic carbocycles. The van der Waals surface area contributed by atoms with Gasteiger partial charge in [-0.05, 0) is 18.4 Å². The van der Waals surface area contributed by atoms with E-state index in [4.69, 9.17) is 4.74 Å². The van der Waals surface area contributed by atoms with Crippen LogP contribution in [0.5, 0.6) is 5.75 Å². The summed E-state index contributed by atoms with van der Waals surface area (Å²) in [5.41, 5.74) is 1.25. The van der Waals surface area contributed by atoms with Gasteiger partial charge in [0.05, 0.1) is 5.69 Å². The quantitative estimate of drug-likeness (QED) is 0.700. The third-order valence-corrected chi connectivity index (χ3v) is 2.94. The third-order valence-electron chi connectivity index (χ3n) is 2.94. The zero-order valence-electron chi connectivity index (χ0n) is 8.73. The molecule has 0 saturated carbocycles. The van der Waals surface area contributed by atoms with E-state index in [2.05, 4.69) is 48.2 Å². The zero-order chi connectivity index (χ0) is 10.3. The molecular formula is C13H13NO. The fraction of sp³-hybridized carbons (Fsp3) is 0.231. The van der Waals surface area contributed by atoms with E-state index in [1.54, 1.807) is 0 Å². The highest BCUT2D eigenvalue weighted by Gasteiger charge is 2.20. The number of hydrogen-bond donors (Lipinski definition) is 0. The second-order valence-corrected chi connectivity index (χ2v) is 3.76. The van der Waals surface area contributed by atoms with E-state index in [9.17, 15) is 0 Å². The van der Waals surface area contributed by atoms with Crippen molar-refractivity contribution in [1.29, 1.82) is 0 Å². The van der Waals surface area contributed by atoms with Gasteiger partial charge in [0.1, 0.15) is 5.75 Å². The van der Waals surface area contributed by atoms with Crippen molar-refractivity contribution in [2.75, 3.05) is 18.2 Å². The van der Waals surface area contributed by atoms with Crippen molar-refractivity contribution in [2.45, 2.75) is 6.92 Å². The number of rotatable bonds is 1. The summed E-state index contributed by atoms with van der Waals surface area (Å²) in [7, 11) is 0. The Morgan fingerprint density at radius 1 is 1.20 bits per heavy atom. The average Bonchev–Trinajstić information content (AvgIpc) is 2.72. The van der Waals surface area contributed by atoms with Crippen molar-refractivity contribution < 1.29 is 4.74 Å². The van der Waals surface area contributed by atoms with Crippen LogP contribution in [-0.2, 0) is 0 Å². The summed E-state index contributed by atoms with van der Waals surface area (Å²) in [5, 5.41) is 2.56. The summed E-state index contributed by atoms with van der Waals surface area (Å²) in [4.78, 5) is 2.26. The molecule has 0 saturated heterocycles. The van der Waals surface area contributed by atoms with Crippen LogP contribution in [-0.4, -0.2) is 13.3 Å². The van der Waals surface area contributed by atoms with Gasteiger partial charge in [0.25, 0.3) is 0 Å². The highest BCUT2D eigenvalue weighted by atomic mass is 16.5. The minimum absolute atomic E-state index is 0.680. The molecule has 0 bridgehead atoms. The number of hydrogen-bond acceptors (Lipinski definition) is 2. The maximum Gasteiger partial charge on any atom is 0.161 e. The predicted octanol–water partition coefficient (Wildman–Crippen LogP) is 3.02. The van der Waals surface area contributed by atoms with Gasteiger partial charge in [0, 0.05) is 11.9 Å². The highest BCUT2D eigenvalue weighted by molar-refractivity contribution is 5.98. The van der Waals surface area contributed by atoms with Crippen molar-refractivity contribution in [3.63, 3.8) is 0 Å². The Bertz CT molecular complexity index is 507. The number of anilines is 1. The lowest BCUT2D eigenvalue weighted by molar-refractivity contribution is 0.348. The summed E-state index contributed by atoms with van der Waals surface area (Å²) < 4.78 is 5.64. The molecule has 1 aliphatic rings. The van der Waals surface area contributed by atoms with Gasteiger partial charge in [-0.25, -0.2) is 0 Å². The second-order valence-electron chi connectivity index (χ2n) is 3.76. The van der Waals surface area contributed by atoms with Crippen LogP contribution in [0.15, 0.2) is 36.4 Å². The monoisotopic (exact) mass is 199 g/mol. The molecule has 15 heavy (non-hydrogen) atoms. The normalized spacial score (nSPS) is 14.1. The Morgan fingerprint density at radius 3 is 2.93 bits per heavy atom. The molecule has 0 fully saturated rings. The maximum atomic E-state index is 5.64. The number of benzene rings is 2. The van der Waals surface area contributed by atoms with E-state index in [-0.39, 0.29) is 0 Å². The lowest BCUT2D eigenvalue weighted by Crippen LogP contribution is -2.21. The Kier molecular flexibility index (Phi) is 1.81. The van der Waals surface area contributed by atoms with Crippen LogP contribution in [0.2, 0.25) is 0 Å². The minimum Gasteiger partial charge on any atom is -0.471 e. The summed E-state index contributed by atoms with van der Waals surface area (Å²) in [6, 6.07) is 12.6. The molecule has 0 aromatic heterocycles. The predicted molar refractivity (Wildman–Crippen MR) is 62.5 cm³/mol. The number of fused-ring (bicyclic) bond motifs is 3. The Hall–Kier alpha value is -1.70. The van der Waals surface area contributed by atoms with Crippen LogP contribution in [0.3, 0.4) is 0 Å². The van der Waals surface area contributed by atoms with E-state index in [1.165, 1.54) is 16.5 Å². The smallest absolute Gasteiger partial charge is 0.161 e. The molecule has 2 heteroatoms. The maximum absolute atomic E-state index is 5.64. The highest BCUT2D eigenvalue weighted by Crippen LogP contribution is 2.39. The molecule has 3 rings (SSSR count). The summed E-state index contributed by atoms with van der Waals surface area (Å²) in [6.07, 6.45) is 0. The van der Waals surface area contributed by atoms with Gasteiger partial charge in [-0.2, -0.15) is 0 Å². The number of ether oxygens (including phenoxy) is 1. The minimum atomic E-state index is 0.680. The standard InChI is InChI=1S/C13H13NO/c1-2-14-9-15-12-8-7-10-5-3-4-6-11(10)13(12)14/h3-8H,2,9H2,1H3. The van der Waals surface area contributed by atoms with Crippen molar-refractivity contribution in [3.05, 3.63) is 36.4 Å². The first kappa shape index (κ1) is 8.60. The number of nitrogens with zero attached hydrogens (tertiary/aromatic N) is 1. The SMILES string of the molecule is CCN1COc2ccc3ccccc3c21. The first-order valence-corrected chi connectivity index (χ1v) is 5.29. The molecule has 1 heterocycles. The molecule has 0 unspecified atom stereocenters. The van der Waals surface area contributed by atoms with E-state index in [1.807, 2.05) is 0 Å². The van der Waals surface area contributed by atoms with Crippen LogP contribution in [0.1, 0.15) is 6.92 Å². The summed E-state index contributed by atoms with van der Waals surface area (Å²) >= 11 is 0.